The van der Waals surface area contributed by atoms with E-state index in [2.05, 4.69) is 41.8 Å². The molecule has 0 radical (unpaired) electrons. The summed E-state index contributed by atoms with van der Waals surface area (Å²) in [6.07, 6.45) is 1.78. The van der Waals surface area contributed by atoms with Crippen molar-refractivity contribution in [3.8, 4) is 0 Å². The number of carbonyl (C=O) groups is 1. The summed E-state index contributed by atoms with van der Waals surface area (Å²) in [7, 11) is 1.94. The van der Waals surface area contributed by atoms with Gasteiger partial charge in [-0.2, -0.15) is 0 Å². The molecule has 1 aromatic rings. The first-order valence-corrected chi connectivity index (χ1v) is 8.81. The van der Waals surface area contributed by atoms with Crippen LogP contribution in [0, 0.1) is 19.8 Å². The predicted octanol–water partition coefficient (Wildman–Crippen LogP) is 2.29. The Balaban J connectivity index is 1.52. The fourth-order valence-electron chi connectivity index (χ4n) is 3.84. The van der Waals surface area contributed by atoms with Gasteiger partial charge >= 0.3 is 0 Å². The summed E-state index contributed by atoms with van der Waals surface area (Å²) < 4.78 is 0. The first-order chi connectivity index (χ1) is 11.0. The number of nitrogens with zero attached hydrogens (tertiary/aromatic N) is 3. The zero-order chi connectivity index (χ0) is 16.4. The molecule has 1 atom stereocenters. The van der Waals surface area contributed by atoms with E-state index in [1.54, 1.807) is 0 Å². The first-order valence-electron chi connectivity index (χ1n) is 8.81. The lowest BCUT2D eigenvalue weighted by atomic mass is 9.97. The SMILES string of the molecule is Cc1ccc(C)c(N2CCN(CC3CCC(=O)N(C)C3)CC2)c1. The fraction of sp³-hybridized carbons (Fsp3) is 0.632. The Kier molecular flexibility index (Phi) is 4.90. The normalized spacial score (nSPS) is 23.4. The molecule has 2 aliphatic heterocycles. The van der Waals surface area contributed by atoms with Crippen LogP contribution < -0.4 is 4.90 Å². The quantitative estimate of drug-likeness (QED) is 0.856. The first kappa shape index (κ1) is 16.3. The van der Waals surface area contributed by atoms with E-state index in [1.165, 1.54) is 16.8 Å². The summed E-state index contributed by atoms with van der Waals surface area (Å²) in [5.74, 6) is 0.950. The number of carbonyl (C=O) groups excluding carboxylic acids is 1. The Hall–Kier alpha value is -1.55. The third-order valence-corrected chi connectivity index (χ3v) is 5.32. The third-order valence-electron chi connectivity index (χ3n) is 5.32. The number of piperidine rings is 1. The van der Waals surface area contributed by atoms with Crippen molar-refractivity contribution in [3.05, 3.63) is 29.3 Å². The van der Waals surface area contributed by atoms with Crippen LogP contribution in [0.4, 0.5) is 5.69 Å². The van der Waals surface area contributed by atoms with Crippen LogP contribution in [-0.2, 0) is 4.79 Å². The van der Waals surface area contributed by atoms with Crippen molar-refractivity contribution < 1.29 is 4.79 Å². The van der Waals surface area contributed by atoms with Gasteiger partial charge in [-0.15, -0.1) is 0 Å². The number of hydrogen-bond acceptors (Lipinski definition) is 3. The molecule has 126 valence electrons. The van der Waals surface area contributed by atoms with E-state index in [0.29, 0.717) is 11.8 Å². The van der Waals surface area contributed by atoms with Crippen LogP contribution in [-0.4, -0.2) is 62.0 Å². The molecular weight excluding hydrogens is 286 g/mol. The van der Waals surface area contributed by atoms with E-state index >= 15 is 0 Å². The number of piperazine rings is 1. The lowest BCUT2D eigenvalue weighted by molar-refractivity contribution is -0.133. The van der Waals surface area contributed by atoms with E-state index in [1.807, 2.05) is 11.9 Å². The Morgan fingerprint density at radius 2 is 1.87 bits per heavy atom. The average molecular weight is 315 g/mol. The highest BCUT2D eigenvalue weighted by Gasteiger charge is 2.26. The van der Waals surface area contributed by atoms with Crippen LogP contribution in [0.3, 0.4) is 0 Å². The predicted molar refractivity (Wildman–Crippen MR) is 94.9 cm³/mol. The molecule has 4 heteroatoms. The molecule has 1 unspecified atom stereocenters. The van der Waals surface area contributed by atoms with Crippen LogP contribution in [0.1, 0.15) is 24.0 Å². The number of aryl methyl sites for hydroxylation is 2. The van der Waals surface area contributed by atoms with E-state index in [-0.39, 0.29) is 0 Å². The lowest BCUT2D eigenvalue weighted by Gasteiger charge is -2.39. The molecule has 2 saturated heterocycles. The zero-order valence-electron chi connectivity index (χ0n) is 14.7. The van der Waals surface area contributed by atoms with Crippen molar-refractivity contribution in [2.24, 2.45) is 5.92 Å². The second-order valence-electron chi connectivity index (χ2n) is 7.26. The van der Waals surface area contributed by atoms with Gasteiger partial charge in [0.15, 0.2) is 0 Å². The molecule has 3 rings (SSSR count). The molecule has 2 fully saturated rings. The number of hydrogen-bond donors (Lipinski definition) is 0. The van der Waals surface area contributed by atoms with Gasteiger partial charge in [0.25, 0.3) is 0 Å². The Bertz CT molecular complexity index is 564. The number of likely N-dealkylation sites (tertiary alicyclic amines) is 1. The van der Waals surface area contributed by atoms with Crippen molar-refractivity contribution in [3.63, 3.8) is 0 Å². The van der Waals surface area contributed by atoms with Crippen LogP contribution in [0.15, 0.2) is 18.2 Å². The fourth-order valence-corrected chi connectivity index (χ4v) is 3.84. The molecule has 2 heterocycles. The van der Waals surface area contributed by atoms with Crippen molar-refractivity contribution in [1.29, 1.82) is 0 Å². The Labute approximate surface area is 140 Å². The molecule has 23 heavy (non-hydrogen) atoms. The molecule has 1 amide bonds. The summed E-state index contributed by atoms with van der Waals surface area (Å²) in [4.78, 5) is 18.6. The number of rotatable bonds is 3. The minimum atomic E-state index is 0.306. The molecule has 0 aromatic heterocycles. The maximum Gasteiger partial charge on any atom is 0.222 e. The highest BCUT2D eigenvalue weighted by atomic mass is 16.2. The summed E-state index contributed by atoms with van der Waals surface area (Å²) in [5, 5.41) is 0. The van der Waals surface area contributed by atoms with Gasteiger partial charge in [-0.25, -0.2) is 0 Å². The number of anilines is 1. The molecule has 0 spiro atoms. The van der Waals surface area contributed by atoms with Crippen LogP contribution in [0.5, 0.6) is 0 Å². The Morgan fingerprint density at radius 3 is 2.57 bits per heavy atom. The molecule has 0 aliphatic carbocycles. The van der Waals surface area contributed by atoms with Crippen molar-refractivity contribution in [1.82, 2.24) is 9.80 Å². The summed E-state index contributed by atoms with van der Waals surface area (Å²) in [5.41, 5.74) is 4.10. The largest absolute Gasteiger partial charge is 0.369 e. The Morgan fingerprint density at radius 1 is 1.13 bits per heavy atom. The summed E-state index contributed by atoms with van der Waals surface area (Å²) in [6, 6.07) is 6.73. The van der Waals surface area contributed by atoms with Crippen LogP contribution >= 0.6 is 0 Å². The van der Waals surface area contributed by atoms with E-state index in [0.717, 1.165) is 52.1 Å². The maximum absolute atomic E-state index is 11.6. The van der Waals surface area contributed by atoms with E-state index in [9.17, 15) is 4.79 Å². The van der Waals surface area contributed by atoms with Gasteiger partial charge in [-0.3, -0.25) is 9.69 Å². The van der Waals surface area contributed by atoms with Gasteiger partial charge in [0.05, 0.1) is 0 Å². The second-order valence-corrected chi connectivity index (χ2v) is 7.26. The van der Waals surface area contributed by atoms with Gasteiger partial charge in [-0.1, -0.05) is 12.1 Å². The van der Waals surface area contributed by atoms with Crippen LogP contribution in [0.2, 0.25) is 0 Å². The molecular formula is C19H29N3O. The second kappa shape index (κ2) is 6.91. The zero-order valence-corrected chi connectivity index (χ0v) is 14.7. The average Bonchev–Trinajstić information content (AvgIpc) is 2.54. The van der Waals surface area contributed by atoms with E-state index in [4.69, 9.17) is 0 Å². The lowest BCUT2D eigenvalue weighted by Crippen LogP contribution is -2.50. The van der Waals surface area contributed by atoms with E-state index < -0.39 is 0 Å². The van der Waals surface area contributed by atoms with Gasteiger partial charge in [0.2, 0.25) is 5.91 Å². The summed E-state index contributed by atoms with van der Waals surface area (Å²) in [6.45, 7) is 10.9. The van der Waals surface area contributed by atoms with Crippen LogP contribution in [0.25, 0.3) is 0 Å². The number of amides is 1. The van der Waals surface area contributed by atoms with Gasteiger partial charge in [0, 0.05) is 58.4 Å². The topological polar surface area (TPSA) is 26.8 Å². The minimum absolute atomic E-state index is 0.306. The molecule has 0 saturated carbocycles. The molecule has 4 nitrogen and oxygen atoms in total. The third kappa shape index (κ3) is 3.86. The van der Waals surface area contributed by atoms with Gasteiger partial charge in [0.1, 0.15) is 0 Å². The highest BCUT2D eigenvalue weighted by Crippen LogP contribution is 2.24. The number of benzene rings is 1. The van der Waals surface area contributed by atoms with Crippen molar-refractivity contribution in [2.75, 3.05) is 51.2 Å². The smallest absolute Gasteiger partial charge is 0.222 e. The minimum Gasteiger partial charge on any atom is -0.369 e. The van der Waals surface area contributed by atoms with Crippen molar-refractivity contribution in [2.45, 2.75) is 26.7 Å². The van der Waals surface area contributed by atoms with Gasteiger partial charge < -0.3 is 9.80 Å². The molecule has 1 aromatic carbocycles. The molecule has 0 bridgehead atoms. The monoisotopic (exact) mass is 315 g/mol. The standard InChI is InChI=1S/C19H29N3O/c1-15-4-5-16(2)18(12-15)22-10-8-21(9-11-22)14-17-6-7-19(23)20(3)13-17/h4-5,12,17H,6-11,13-14H2,1-3H3. The highest BCUT2D eigenvalue weighted by molar-refractivity contribution is 5.76. The molecule has 2 aliphatic rings. The molecule has 0 N–H and O–H groups in total. The summed E-state index contributed by atoms with van der Waals surface area (Å²) >= 11 is 0. The van der Waals surface area contributed by atoms with Gasteiger partial charge in [-0.05, 0) is 43.4 Å². The maximum atomic E-state index is 11.6. The van der Waals surface area contributed by atoms with Crippen molar-refractivity contribution >= 4 is 11.6 Å².